The molecule has 7 heteroatoms. The first-order chi connectivity index (χ1) is 12.4. The van der Waals surface area contributed by atoms with E-state index in [9.17, 15) is 8.42 Å². The van der Waals surface area contributed by atoms with Gasteiger partial charge in [0.25, 0.3) is 10.0 Å². The minimum Gasteiger partial charge on any atom is -0.279 e. The highest BCUT2D eigenvalue weighted by atomic mass is 35.5. The molecule has 0 fully saturated rings. The van der Waals surface area contributed by atoms with Gasteiger partial charge < -0.3 is 0 Å². The molecule has 0 saturated carbocycles. The largest absolute Gasteiger partial charge is 0.279 e. The third kappa shape index (κ3) is 3.85. The van der Waals surface area contributed by atoms with Crippen LogP contribution in [0.3, 0.4) is 0 Å². The third-order valence-electron chi connectivity index (χ3n) is 3.79. The molecule has 26 heavy (non-hydrogen) atoms. The lowest BCUT2D eigenvalue weighted by molar-refractivity contribution is 0.601. The highest BCUT2D eigenvalue weighted by Gasteiger charge is 2.16. The van der Waals surface area contributed by atoms with Crippen molar-refractivity contribution in [2.45, 2.75) is 11.8 Å². The summed E-state index contributed by atoms with van der Waals surface area (Å²) in [5.74, 6) is 0. The van der Waals surface area contributed by atoms with Crippen LogP contribution in [0.25, 0.3) is 11.3 Å². The minimum absolute atomic E-state index is 0.128. The summed E-state index contributed by atoms with van der Waals surface area (Å²) in [6.45, 7) is 1.82. The maximum Gasteiger partial charge on any atom is 0.261 e. The second kappa shape index (κ2) is 7.16. The highest BCUT2D eigenvalue weighted by molar-refractivity contribution is 7.92. The van der Waals surface area contributed by atoms with Gasteiger partial charge in [0.2, 0.25) is 0 Å². The molecule has 1 heterocycles. The van der Waals surface area contributed by atoms with Crippen molar-refractivity contribution in [3.63, 3.8) is 0 Å². The quantitative estimate of drug-likeness (QED) is 0.724. The maximum atomic E-state index is 12.6. The lowest BCUT2D eigenvalue weighted by atomic mass is 10.1. The van der Waals surface area contributed by atoms with Crippen molar-refractivity contribution >= 4 is 27.3 Å². The van der Waals surface area contributed by atoms with Crippen molar-refractivity contribution in [1.29, 1.82) is 5.26 Å². The molecule has 0 aliphatic carbocycles. The number of hydrogen-bond donors (Lipinski definition) is 1. The number of hydrogen-bond acceptors (Lipinski definition) is 4. The first kappa shape index (κ1) is 17.9. The molecule has 0 saturated heterocycles. The van der Waals surface area contributed by atoms with Crippen LogP contribution in [0.4, 0.5) is 5.69 Å². The van der Waals surface area contributed by atoms with E-state index in [0.717, 1.165) is 11.1 Å². The van der Waals surface area contributed by atoms with Crippen LogP contribution in [0.15, 0.2) is 65.7 Å². The lowest BCUT2D eigenvalue weighted by Crippen LogP contribution is -2.13. The number of aromatic nitrogens is 1. The number of rotatable bonds is 4. The number of pyridine rings is 1. The number of halogens is 1. The first-order valence-corrected chi connectivity index (χ1v) is 9.51. The number of aryl methyl sites for hydroxylation is 1. The molecule has 2 aromatic carbocycles. The molecule has 1 aromatic heterocycles. The molecule has 0 amide bonds. The second-order valence-corrected chi connectivity index (χ2v) is 7.75. The van der Waals surface area contributed by atoms with Crippen LogP contribution in [-0.4, -0.2) is 13.4 Å². The molecule has 0 atom stereocenters. The van der Waals surface area contributed by atoms with Gasteiger partial charge in [-0.25, -0.2) is 8.42 Å². The molecule has 0 aliphatic rings. The normalized spacial score (nSPS) is 11.0. The summed E-state index contributed by atoms with van der Waals surface area (Å²) in [4.78, 5) is 4.37. The van der Waals surface area contributed by atoms with Gasteiger partial charge in [-0.3, -0.25) is 9.71 Å². The van der Waals surface area contributed by atoms with E-state index in [1.807, 2.05) is 25.1 Å². The first-order valence-electron chi connectivity index (χ1n) is 7.64. The Hall–Kier alpha value is -2.88. The van der Waals surface area contributed by atoms with Crippen molar-refractivity contribution in [2.75, 3.05) is 4.72 Å². The van der Waals surface area contributed by atoms with Gasteiger partial charge in [0, 0.05) is 16.8 Å². The molecule has 0 bridgehead atoms. The Morgan fingerprint density at radius 1 is 1.08 bits per heavy atom. The Labute approximate surface area is 157 Å². The van der Waals surface area contributed by atoms with Crippen molar-refractivity contribution in [3.05, 3.63) is 76.9 Å². The summed E-state index contributed by atoms with van der Waals surface area (Å²) in [5.41, 5.74) is 3.10. The predicted molar refractivity (Wildman–Crippen MR) is 101 cm³/mol. The van der Waals surface area contributed by atoms with Gasteiger partial charge in [-0.05, 0) is 55.0 Å². The second-order valence-electron chi connectivity index (χ2n) is 5.63. The Morgan fingerprint density at radius 3 is 2.42 bits per heavy atom. The minimum atomic E-state index is -3.73. The standard InChI is InChI=1S/C19H14ClN3O2S/c1-13-2-4-15(18-9-3-14(11-21)12-22-18)10-19(13)23-26(24,25)17-7-5-16(20)6-8-17/h2-10,12,23H,1H3. The van der Waals surface area contributed by atoms with E-state index >= 15 is 0 Å². The van der Waals surface area contributed by atoms with Crippen molar-refractivity contribution in [2.24, 2.45) is 0 Å². The molecular formula is C19H14ClN3O2S. The fourth-order valence-corrected chi connectivity index (χ4v) is 3.59. The molecular weight excluding hydrogens is 370 g/mol. The van der Waals surface area contributed by atoms with E-state index in [-0.39, 0.29) is 4.90 Å². The molecule has 3 aromatic rings. The highest BCUT2D eigenvalue weighted by Crippen LogP contribution is 2.26. The number of nitrogens with one attached hydrogen (secondary N) is 1. The molecule has 130 valence electrons. The lowest BCUT2D eigenvalue weighted by Gasteiger charge is -2.12. The Bertz CT molecular complexity index is 1090. The van der Waals surface area contributed by atoms with Gasteiger partial charge in [0.1, 0.15) is 6.07 Å². The topological polar surface area (TPSA) is 82.8 Å². The number of anilines is 1. The van der Waals surface area contributed by atoms with Crippen LogP contribution in [0, 0.1) is 18.3 Å². The number of nitriles is 1. The number of benzene rings is 2. The van der Waals surface area contributed by atoms with Gasteiger partial charge in [-0.1, -0.05) is 23.7 Å². The molecule has 1 N–H and O–H groups in total. The molecule has 0 aliphatic heterocycles. The van der Waals surface area contributed by atoms with E-state index in [2.05, 4.69) is 9.71 Å². The third-order valence-corrected chi connectivity index (χ3v) is 5.43. The van der Waals surface area contributed by atoms with Gasteiger partial charge in [0.15, 0.2) is 0 Å². The summed E-state index contributed by atoms with van der Waals surface area (Å²) >= 11 is 5.82. The van der Waals surface area contributed by atoms with Crippen LogP contribution in [0.1, 0.15) is 11.1 Å². The van der Waals surface area contributed by atoms with Crippen LogP contribution < -0.4 is 4.72 Å². The predicted octanol–water partition coefficient (Wildman–Crippen LogP) is 4.38. The van der Waals surface area contributed by atoms with E-state index in [1.165, 1.54) is 30.5 Å². The van der Waals surface area contributed by atoms with Gasteiger partial charge >= 0.3 is 0 Å². The zero-order valence-electron chi connectivity index (χ0n) is 13.8. The number of nitrogens with zero attached hydrogens (tertiary/aromatic N) is 2. The van der Waals surface area contributed by atoms with Gasteiger partial charge in [-0.15, -0.1) is 0 Å². The smallest absolute Gasteiger partial charge is 0.261 e. The summed E-state index contributed by atoms with van der Waals surface area (Å²) < 4.78 is 27.8. The van der Waals surface area contributed by atoms with Crippen LogP contribution in [0.5, 0.6) is 0 Å². The average molecular weight is 384 g/mol. The monoisotopic (exact) mass is 383 g/mol. The van der Waals surface area contributed by atoms with Crippen molar-refractivity contribution in [3.8, 4) is 17.3 Å². The summed E-state index contributed by atoms with van der Waals surface area (Å²) in [6.07, 6.45) is 1.48. The van der Waals surface area contributed by atoms with Crippen LogP contribution in [0.2, 0.25) is 5.02 Å². The maximum absolute atomic E-state index is 12.6. The van der Waals surface area contributed by atoms with E-state index < -0.39 is 10.0 Å². The summed E-state index contributed by atoms with van der Waals surface area (Å²) in [7, 11) is -3.73. The number of sulfonamides is 1. The Kier molecular flexibility index (Phi) is 4.94. The SMILES string of the molecule is Cc1ccc(-c2ccc(C#N)cn2)cc1NS(=O)(=O)c1ccc(Cl)cc1. The van der Waals surface area contributed by atoms with Crippen molar-refractivity contribution < 1.29 is 8.42 Å². The Balaban J connectivity index is 1.95. The fourth-order valence-electron chi connectivity index (χ4n) is 2.34. The van der Waals surface area contributed by atoms with E-state index in [4.69, 9.17) is 16.9 Å². The molecule has 3 rings (SSSR count). The summed E-state index contributed by atoms with van der Waals surface area (Å²) in [6, 6.07) is 16.7. The van der Waals surface area contributed by atoms with Gasteiger partial charge in [0.05, 0.1) is 21.8 Å². The fraction of sp³-hybridized carbons (Fsp3) is 0.0526. The molecule has 0 radical (unpaired) electrons. The zero-order chi connectivity index (χ0) is 18.7. The molecule has 0 spiro atoms. The molecule has 5 nitrogen and oxygen atoms in total. The summed E-state index contributed by atoms with van der Waals surface area (Å²) in [5, 5.41) is 9.32. The Morgan fingerprint density at radius 2 is 1.81 bits per heavy atom. The van der Waals surface area contributed by atoms with Crippen molar-refractivity contribution in [1.82, 2.24) is 4.98 Å². The van der Waals surface area contributed by atoms with Crippen LogP contribution >= 0.6 is 11.6 Å². The van der Waals surface area contributed by atoms with E-state index in [1.54, 1.807) is 18.2 Å². The van der Waals surface area contributed by atoms with Crippen LogP contribution in [-0.2, 0) is 10.0 Å². The average Bonchev–Trinajstić information content (AvgIpc) is 2.64. The van der Waals surface area contributed by atoms with Gasteiger partial charge in [-0.2, -0.15) is 5.26 Å². The molecule has 0 unspecified atom stereocenters. The zero-order valence-corrected chi connectivity index (χ0v) is 15.3. The van der Waals surface area contributed by atoms with E-state index in [0.29, 0.717) is 22.0 Å².